The third-order valence-electron chi connectivity index (χ3n) is 1.26. The van der Waals surface area contributed by atoms with E-state index in [-0.39, 0.29) is 58.9 Å². The average Bonchev–Trinajstić information content (AvgIpc) is 1.79. The van der Waals surface area contributed by atoms with Gasteiger partial charge in [-0.25, -0.2) is 0 Å². The Hall–Kier alpha value is 1.42. The van der Waals surface area contributed by atoms with Crippen molar-refractivity contribution in [3.63, 3.8) is 0 Å². The number of nitrogens with zero attached hydrogens (tertiary/aromatic N) is 1. The largest absolute Gasteiger partial charge is 1.00 e. The van der Waals surface area contributed by atoms with Crippen LogP contribution in [-0.2, 0) is 21.7 Å². The minimum atomic E-state index is 0. The molecule has 3 N–H and O–H groups in total. The molecule has 1 fully saturated rings. The van der Waals surface area contributed by atoms with Crippen molar-refractivity contribution in [1.82, 2.24) is 20.9 Å². The van der Waals surface area contributed by atoms with Crippen LogP contribution in [0.25, 0.3) is 0 Å². The van der Waals surface area contributed by atoms with E-state index >= 15 is 0 Å². The zero-order valence-corrected chi connectivity index (χ0v) is 11.2. The van der Waals surface area contributed by atoms with E-state index in [0.29, 0.717) is 0 Å². The van der Waals surface area contributed by atoms with Crippen LogP contribution in [0.15, 0.2) is 0 Å². The summed E-state index contributed by atoms with van der Waals surface area (Å²) in [5.74, 6) is 0. The Balaban J connectivity index is -0.000000101. The first-order chi connectivity index (χ1) is 4.39. The van der Waals surface area contributed by atoms with E-state index < -0.39 is 0 Å². The molecule has 0 spiro atoms. The molecule has 1 heterocycles. The fourth-order valence-electron chi connectivity index (χ4n) is 0.789. The molecule has 1 aliphatic heterocycles. The van der Waals surface area contributed by atoms with Crippen molar-refractivity contribution in [2.75, 3.05) is 33.7 Å². The van der Waals surface area contributed by atoms with Crippen LogP contribution in [0.3, 0.4) is 0 Å². The van der Waals surface area contributed by atoms with Gasteiger partial charge in [0.25, 0.3) is 0 Å². The Kier molecular flexibility index (Phi) is 29.2. The predicted molar refractivity (Wildman–Crippen MR) is 36.6 cm³/mol. The minimum Gasteiger partial charge on any atom is -1.00 e. The minimum absolute atomic E-state index is 0. The van der Waals surface area contributed by atoms with Gasteiger partial charge in [0.2, 0.25) is 0 Å². The van der Waals surface area contributed by atoms with Crippen molar-refractivity contribution in [3.05, 3.63) is 0 Å². The Morgan fingerprint density at radius 2 is 1.23 bits per heavy atom. The number of rotatable bonds is 0. The van der Waals surface area contributed by atoms with Gasteiger partial charge in [-0.3, -0.25) is 20.9 Å². The molecule has 82 valence electrons. The van der Waals surface area contributed by atoms with Crippen molar-refractivity contribution in [2.24, 2.45) is 0 Å². The van der Waals surface area contributed by atoms with E-state index in [1.807, 2.05) is 0 Å². The van der Waals surface area contributed by atoms with Gasteiger partial charge in [0, 0.05) is 48.4 Å². The van der Waals surface area contributed by atoms with Gasteiger partial charge in [0.1, 0.15) is 0 Å². The third kappa shape index (κ3) is 13.4. The standard InChI is InChI=1S/C5H14N4.3ClH.Ti/c1-9-4-7-2-6-3-8-5-9;;;;/h6-8H,2-5H2,1H3;3*1H;/p-3. The number of hydrogen-bond acceptors (Lipinski definition) is 4. The quantitative estimate of drug-likeness (QED) is 0.386. The molecule has 0 atom stereocenters. The topological polar surface area (TPSA) is 39.3 Å². The molecule has 0 aromatic carbocycles. The zero-order valence-electron chi connectivity index (χ0n) is 7.41. The summed E-state index contributed by atoms with van der Waals surface area (Å²) >= 11 is 0. The molecular formula is C5H14Cl3N4Ti-3. The molecule has 0 radical (unpaired) electrons. The molecule has 8 heteroatoms. The maximum Gasteiger partial charge on any atom is 0.0499 e. The first-order valence-electron chi connectivity index (χ1n) is 3.20. The fourth-order valence-corrected chi connectivity index (χ4v) is 0.789. The molecule has 0 saturated carbocycles. The van der Waals surface area contributed by atoms with Gasteiger partial charge in [-0.1, -0.05) is 0 Å². The zero-order chi connectivity index (χ0) is 6.53. The molecule has 4 nitrogen and oxygen atoms in total. The van der Waals surface area contributed by atoms with Crippen molar-refractivity contribution in [2.45, 2.75) is 0 Å². The van der Waals surface area contributed by atoms with Crippen molar-refractivity contribution in [1.29, 1.82) is 0 Å². The Morgan fingerprint density at radius 1 is 0.846 bits per heavy atom. The van der Waals surface area contributed by atoms with Gasteiger partial charge in [0.15, 0.2) is 0 Å². The second-order valence-electron chi connectivity index (χ2n) is 2.28. The van der Waals surface area contributed by atoms with E-state index in [1.54, 1.807) is 0 Å². The molecule has 0 unspecified atom stereocenters. The van der Waals surface area contributed by atoms with E-state index in [2.05, 4.69) is 27.9 Å². The Bertz CT molecular complexity index is 82.2. The molecule has 1 rings (SSSR count). The van der Waals surface area contributed by atoms with Crippen LogP contribution in [-0.4, -0.2) is 38.6 Å². The second-order valence-corrected chi connectivity index (χ2v) is 2.28. The van der Waals surface area contributed by atoms with E-state index in [1.165, 1.54) is 0 Å². The van der Waals surface area contributed by atoms with E-state index in [0.717, 1.165) is 26.7 Å². The molecule has 0 bridgehead atoms. The fraction of sp³-hybridized carbons (Fsp3) is 1.00. The summed E-state index contributed by atoms with van der Waals surface area (Å²) in [6.07, 6.45) is 0. The monoisotopic (exact) mass is 283 g/mol. The molecule has 0 amide bonds. The predicted octanol–water partition coefficient (Wildman–Crippen LogP) is -10.5. The number of halogens is 3. The third-order valence-corrected chi connectivity index (χ3v) is 1.26. The Morgan fingerprint density at radius 3 is 1.62 bits per heavy atom. The van der Waals surface area contributed by atoms with Crippen LogP contribution in [0.2, 0.25) is 0 Å². The smallest absolute Gasteiger partial charge is 0.0499 e. The first-order valence-corrected chi connectivity index (χ1v) is 3.20. The molecule has 0 aliphatic carbocycles. The van der Waals surface area contributed by atoms with Gasteiger partial charge in [-0.2, -0.15) is 0 Å². The van der Waals surface area contributed by atoms with Gasteiger partial charge in [-0.05, 0) is 7.05 Å². The average molecular weight is 284 g/mol. The summed E-state index contributed by atoms with van der Waals surface area (Å²) in [4.78, 5) is 2.18. The van der Waals surface area contributed by atoms with Crippen LogP contribution in [0.5, 0.6) is 0 Å². The van der Waals surface area contributed by atoms with Gasteiger partial charge in [-0.15, -0.1) is 0 Å². The van der Waals surface area contributed by atoms with Crippen LogP contribution >= 0.6 is 0 Å². The van der Waals surface area contributed by atoms with E-state index in [9.17, 15) is 0 Å². The van der Waals surface area contributed by atoms with Gasteiger partial charge < -0.3 is 37.2 Å². The summed E-state index contributed by atoms with van der Waals surface area (Å²) in [6.45, 7) is 3.66. The van der Waals surface area contributed by atoms with Crippen molar-refractivity contribution >= 4 is 0 Å². The summed E-state index contributed by atoms with van der Waals surface area (Å²) < 4.78 is 0. The molecule has 0 aromatic heterocycles. The number of hydrogen-bond donors (Lipinski definition) is 3. The first kappa shape index (κ1) is 23.9. The van der Waals surface area contributed by atoms with Crippen LogP contribution in [0, 0.1) is 0 Å². The summed E-state index contributed by atoms with van der Waals surface area (Å²) in [5, 5.41) is 9.58. The maximum absolute atomic E-state index is 3.21. The van der Waals surface area contributed by atoms with Crippen molar-refractivity contribution < 1.29 is 58.9 Å². The molecular weight excluding hydrogens is 270 g/mol. The Labute approximate surface area is 113 Å². The molecule has 1 saturated heterocycles. The van der Waals surface area contributed by atoms with Crippen LogP contribution < -0.4 is 53.2 Å². The summed E-state index contributed by atoms with van der Waals surface area (Å²) in [7, 11) is 2.07. The molecule has 13 heavy (non-hydrogen) atoms. The second kappa shape index (κ2) is 15.9. The van der Waals surface area contributed by atoms with Crippen molar-refractivity contribution in [3.8, 4) is 0 Å². The number of nitrogens with one attached hydrogen (secondary N) is 3. The maximum atomic E-state index is 3.21. The van der Waals surface area contributed by atoms with E-state index in [4.69, 9.17) is 0 Å². The van der Waals surface area contributed by atoms with Crippen LogP contribution in [0.1, 0.15) is 0 Å². The van der Waals surface area contributed by atoms with Crippen LogP contribution in [0.4, 0.5) is 0 Å². The van der Waals surface area contributed by atoms with Gasteiger partial charge >= 0.3 is 0 Å². The molecule has 1 aliphatic rings. The summed E-state index contributed by atoms with van der Waals surface area (Å²) in [5.41, 5.74) is 0. The summed E-state index contributed by atoms with van der Waals surface area (Å²) in [6, 6.07) is 0. The normalized spacial score (nSPS) is 17.3. The SMILES string of the molecule is CN1CNCNCNC1.[Cl-].[Cl-].[Cl-].[Ti]. The molecule has 0 aromatic rings. The van der Waals surface area contributed by atoms with Gasteiger partial charge in [0.05, 0.1) is 0 Å².